The molecule has 2 atom stereocenters. The summed E-state index contributed by atoms with van der Waals surface area (Å²) in [7, 11) is 0. The Labute approximate surface area is 144 Å². The van der Waals surface area contributed by atoms with Crippen LogP contribution in [-0.2, 0) is 23.7 Å². The number of nitrogens with zero attached hydrogens (tertiary/aromatic N) is 1. The molecule has 2 aliphatic carbocycles. The van der Waals surface area contributed by atoms with Gasteiger partial charge in [0.05, 0.1) is 6.20 Å². The lowest BCUT2D eigenvalue weighted by molar-refractivity contribution is 0.112. The summed E-state index contributed by atoms with van der Waals surface area (Å²) in [6.45, 7) is 11.3. The molecule has 0 saturated carbocycles. The number of hydrogen-bond donors (Lipinski definition) is 1. The van der Waals surface area contributed by atoms with Crippen molar-refractivity contribution in [3.63, 3.8) is 0 Å². The molecule has 2 aliphatic rings. The van der Waals surface area contributed by atoms with E-state index < -0.39 is 0 Å². The molecular weight excluding hydrogens is 298 g/mol. The van der Waals surface area contributed by atoms with E-state index in [4.69, 9.17) is 4.52 Å². The van der Waals surface area contributed by atoms with E-state index in [1.165, 1.54) is 16.7 Å². The number of aromatic hydroxyl groups is 1. The maximum absolute atomic E-state index is 10.4. The lowest BCUT2D eigenvalue weighted by atomic mass is 9.50. The number of benzene rings is 1. The molecule has 2 aromatic rings. The number of aromatic nitrogens is 1. The summed E-state index contributed by atoms with van der Waals surface area (Å²) in [6.07, 6.45) is 5.02. The van der Waals surface area contributed by atoms with E-state index in [1.54, 1.807) is 0 Å². The van der Waals surface area contributed by atoms with E-state index in [9.17, 15) is 5.11 Å². The summed E-state index contributed by atoms with van der Waals surface area (Å²) in [5.74, 6) is 2.37. The fourth-order valence-electron chi connectivity index (χ4n) is 5.74. The standard InChI is InChI=1S/C21H27NO2/c1-12(2)18-14-6-9-17-20(3,4)19-13(11-22-24-19)10-21(17,5)15(14)7-8-16(18)23/h7-8,11-12,17,23H,6,9-10H2,1-5H3/t17-,21+/m0/s1. The van der Waals surface area contributed by atoms with Crippen molar-refractivity contribution in [1.82, 2.24) is 5.16 Å². The monoisotopic (exact) mass is 325 g/mol. The van der Waals surface area contributed by atoms with Crippen LogP contribution in [0.1, 0.15) is 75.0 Å². The lowest BCUT2D eigenvalue weighted by Gasteiger charge is -2.53. The molecule has 0 saturated heterocycles. The minimum absolute atomic E-state index is 0.0214. The molecule has 1 heterocycles. The van der Waals surface area contributed by atoms with Crippen LogP contribution in [0.3, 0.4) is 0 Å². The van der Waals surface area contributed by atoms with Crippen LogP contribution < -0.4 is 0 Å². The molecule has 1 aromatic heterocycles. The zero-order valence-electron chi connectivity index (χ0n) is 15.3. The summed E-state index contributed by atoms with van der Waals surface area (Å²) in [5.41, 5.74) is 5.21. The van der Waals surface area contributed by atoms with Gasteiger partial charge in [-0.2, -0.15) is 0 Å². The van der Waals surface area contributed by atoms with Gasteiger partial charge >= 0.3 is 0 Å². The summed E-state index contributed by atoms with van der Waals surface area (Å²) >= 11 is 0. The molecule has 0 unspecified atom stereocenters. The first-order valence-electron chi connectivity index (χ1n) is 9.06. The van der Waals surface area contributed by atoms with Crippen LogP contribution >= 0.6 is 0 Å². The van der Waals surface area contributed by atoms with Crippen LogP contribution in [-0.4, -0.2) is 10.3 Å². The molecule has 1 N–H and O–H groups in total. The van der Waals surface area contributed by atoms with Crippen molar-refractivity contribution in [2.75, 3.05) is 0 Å². The van der Waals surface area contributed by atoms with Gasteiger partial charge in [-0.25, -0.2) is 0 Å². The smallest absolute Gasteiger partial charge is 0.145 e. The van der Waals surface area contributed by atoms with Crippen molar-refractivity contribution < 1.29 is 9.63 Å². The van der Waals surface area contributed by atoms with Crippen LogP contribution in [0.15, 0.2) is 22.9 Å². The molecule has 0 aliphatic heterocycles. The summed E-state index contributed by atoms with van der Waals surface area (Å²) in [5, 5.41) is 14.5. The van der Waals surface area contributed by atoms with Crippen molar-refractivity contribution in [3.8, 4) is 5.75 Å². The Morgan fingerprint density at radius 3 is 2.71 bits per heavy atom. The van der Waals surface area contributed by atoms with Crippen LogP contribution in [0.2, 0.25) is 0 Å². The quantitative estimate of drug-likeness (QED) is 0.814. The highest BCUT2D eigenvalue weighted by molar-refractivity contribution is 5.53. The number of fused-ring (bicyclic) bond motifs is 4. The molecule has 0 fully saturated rings. The third kappa shape index (κ3) is 1.87. The van der Waals surface area contributed by atoms with E-state index in [-0.39, 0.29) is 10.8 Å². The van der Waals surface area contributed by atoms with Crippen LogP contribution in [0.5, 0.6) is 5.75 Å². The van der Waals surface area contributed by atoms with E-state index in [2.05, 4.69) is 45.8 Å². The largest absolute Gasteiger partial charge is 0.508 e. The predicted octanol–water partition coefficient (Wildman–Crippen LogP) is 4.86. The third-order valence-corrected chi connectivity index (χ3v) is 6.64. The second kappa shape index (κ2) is 4.87. The summed E-state index contributed by atoms with van der Waals surface area (Å²) in [4.78, 5) is 0. The number of phenolic OH excluding ortho intramolecular Hbond substituents is 1. The first-order chi connectivity index (χ1) is 11.3. The van der Waals surface area contributed by atoms with E-state index in [0.717, 1.165) is 30.6 Å². The zero-order chi connectivity index (χ0) is 17.3. The van der Waals surface area contributed by atoms with Gasteiger partial charge in [0.25, 0.3) is 0 Å². The van der Waals surface area contributed by atoms with Crippen LogP contribution in [0.4, 0.5) is 0 Å². The molecule has 3 heteroatoms. The van der Waals surface area contributed by atoms with Gasteiger partial charge in [-0.1, -0.05) is 45.8 Å². The van der Waals surface area contributed by atoms with Crippen LogP contribution in [0.25, 0.3) is 0 Å². The fraction of sp³-hybridized carbons (Fsp3) is 0.571. The van der Waals surface area contributed by atoms with Gasteiger partial charge in [0.2, 0.25) is 0 Å². The van der Waals surface area contributed by atoms with Gasteiger partial charge in [0.1, 0.15) is 11.5 Å². The van der Waals surface area contributed by atoms with Gasteiger partial charge in [0, 0.05) is 16.4 Å². The molecular formula is C21H27NO2. The Bertz CT molecular complexity index is 802. The maximum Gasteiger partial charge on any atom is 0.145 e. The average molecular weight is 325 g/mol. The number of hydrogen-bond acceptors (Lipinski definition) is 3. The summed E-state index contributed by atoms with van der Waals surface area (Å²) in [6, 6.07) is 4.06. The predicted molar refractivity (Wildman–Crippen MR) is 94.6 cm³/mol. The van der Waals surface area contributed by atoms with E-state index in [0.29, 0.717) is 17.6 Å². The van der Waals surface area contributed by atoms with Crippen molar-refractivity contribution in [2.24, 2.45) is 5.92 Å². The second-order valence-electron chi connectivity index (χ2n) is 8.77. The van der Waals surface area contributed by atoms with Crippen LogP contribution in [0, 0.1) is 5.92 Å². The molecule has 0 spiro atoms. The molecule has 0 bridgehead atoms. The number of phenols is 1. The van der Waals surface area contributed by atoms with Gasteiger partial charge in [-0.05, 0) is 53.9 Å². The van der Waals surface area contributed by atoms with E-state index in [1.807, 2.05) is 12.3 Å². The third-order valence-electron chi connectivity index (χ3n) is 6.64. The lowest BCUT2D eigenvalue weighted by Crippen LogP contribution is -2.51. The van der Waals surface area contributed by atoms with Gasteiger partial charge < -0.3 is 9.63 Å². The maximum atomic E-state index is 10.4. The van der Waals surface area contributed by atoms with Crippen molar-refractivity contribution >= 4 is 0 Å². The highest BCUT2D eigenvalue weighted by Crippen LogP contribution is 2.57. The Kier molecular flexibility index (Phi) is 3.20. The highest BCUT2D eigenvalue weighted by Gasteiger charge is 2.54. The van der Waals surface area contributed by atoms with Crippen molar-refractivity contribution in [1.29, 1.82) is 0 Å². The van der Waals surface area contributed by atoms with Crippen molar-refractivity contribution in [2.45, 2.75) is 70.6 Å². The first kappa shape index (κ1) is 15.7. The summed E-state index contributed by atoms with van der Waals surface area (Å²) < 4.78 is 5.64. The molecule has 0 amide bonds. The molecule has 24 heavy (non-hydrogen) atoms. The normalized spacial score (nSPS) is 27.5. The minimum atomic E-state index is -0.0214. The Hall–Kier alpha value is -1.77. The second-order valence-corrected chi connectivity index (χ2v) is 8.77. The van der Waals surface area contributed by atoms with Gasteiger partial charge in [-0.15, -0.1) is 0 Å². The SMILES string of the molecule is CC(C)c1c(O)ccc2c1CC[C@H]1C(C)(C)c3oncc3C[C@]21C. The zero-order valence-corrected chi connectivity index (χ0v) is 15.3. The fourth-order valence-corrected chi connectivity index (χ4v) is 5.74. The molecule has 128 valence electrons. The molecule has 3 nitrogen and oxygen atoms in total. The van der Waals surface area contributed by atoms with E-state index >= 15 is 0 Å². The first-order valence-corrected chi connectivity index (χ1v) is 9.06. The Morgan fingerprint density at radius 1 is 1.25 bits per heavy atom. The molecule has 4 rings (SSSR count). The van der Waals surface area contributed by atoms with Crippen molar-refractivity contribution in [3.05, 3.63) is 46.3 Å². The Morgan fingerprint density at radius 2 is 2.00 bits per heavy atom. The molecule has 0 radical (unpaired) electrons. The van der Waals surface area contributed by atoms with Gasteiger partial charge in [0.15, 0.2) is 0 Å². The minimum Gasteiger partial charge on any atom is -0.508 e. The molecule has 1 aromatic carbocycles. The highest BCUT2D eigenvalue weighted by atomic mass is 16.5. The number of rotatable bonds is 1. The topological polar surface area (TPSA) is 46.3 Å². The average Bonchev–Trinajstić information content (AvgIpc) is 2.94. The van der Waals surface area contributed by atoms with Gasteiger partial charge in [-0.3, -0.25) is 0 Å². The Balaban J connectivity index is 1.95.